The quantitative estimate of drug-likeness (QED) is 0.459. The summed E-state index contributed by atoms with van der Waals surface area (Å²) >= 11 is 0. The molecule has 0 aromatic heterocycles. The standard InChI is InChI=1S/C22H24O2/c1-3-23-21(17-15-19-11-7-5-8-12-19)22(24-4-2)18-16-20-13-9-6-10-14-20/h5-18H,3-4H2,1-2H3/b17-15+,18-16+,22-21+. The zero-order valence-electron chi connectivity index (χ0n) is 14.3. The van der Waals surface area contributed by atoms with Crippen LogP contribution in [0, 0.1) is 0 Å². The molecule has 0 atom stereocenters. The van der Waals surface area contributed by atoms with Crippen LogP contribution in [0.1, 0.15) is 25.0 Å². The third-order valence-corrected chi connectivity index (χ3v) is 3.30. The Labute approximate surface area is 144 Å². The third kappa shape index (κ3) is 5.81. The summed E-state index contributed by atoms with van der Waals surface area (Å²) in [7, 11) is 0. The van der Waals surface area contributed by atoms with Crippen molar-refractivity contribution < 1.29 is 9.47 Å². The van der Waals surface area contributed by atoms with Crippen LogP contribution < -0.4 is 0 Å². The predicted molar refractivity (Wildman–Crippen MR) is 101 cm³/mol. The van der Waals surface area contributed by atoms with E-state index >= 15 is 0 Å². The first kappa shape index (κ1) is 17.6. The Bertz CT molecular complexity index is 621. The van der Waals surface area contributed by atoms with Crippen LogP contribution in [0.3, 0.4) is 0 Å². The Hall–Kier alpha value is -2.74. The molecule has 0 spiro atoms. The van der Waals surface area contributed by atoms with E-state index in [-0.39, 0.29) is 0 Å². The number of hydrogen-bond donors (Lipinski definition) is 0. The highest BCUT2D eigenvalue weighted by Crippen LogP contribution is 2.16. The summed E-state index contributed by atoms with van der Waals surface area (Å²) in [5.41, 5.74) is 2.25. The summed E-state index contributed by atoms with van der Waals surface area (Å²) < 4.78 is 11.6. The molecule has 0 aliphatic heterocycles. The van der Waals surface area contributed by atoms with Crippen LogP contribution in [0.5, 0.6) is 0 Å². The van der Waals surface area contributed by atoms with Crippen molar-refractivity contribution in [3.8, 4) is 0 Å². The maximum Gasteiger partial charge on any atom is 0.161 e. The summed E-state index contributed by atoms with van der Waals surface area (Å²) in [6.45, 7) is 5.12. The van der Waals surface area contributed by atoms with Gasteiger partial charge in [-0.1, -0.05) is 72.8 Å². The number of allylic oxidation sites excluding steroid dienone is 2. The van der Waals surface area contributed by atoms with Crippen LogP contribution >= 0.6 is 0 Å². The second-order valence-electron chi connectivity index (χ2n) is 5.08. The molecule has 0 aliphatic carbocycles. The molecule has 2 heteroatoms. The molecule has 2 rings (SSSR count). The molecule has 0 radical (unpaired) electrons. The van der Waals surface area contributed by atoms with Crippen molar-refractivity contribution in [2.24, 2.45) is 0 Å². The summed E-state index contributed by atoms with van der Waals surface area (Å²) in [6.07, 6.45) is 7.97. The Morgan fingerprint density at radius 1 is 0.667 bits per heavy atom. The molecular formula is C22H24O2. The van der Waals surface area contributed by atoms with Gasteiger partial charge in [-0.2, -0.15) is 0 Å². The Balaban J connectivity index is 2.28. The van der Waals surface area contributed by atoms with Crippen molar-refractivity contribution in [3.63, 3.8) is 0 Å². The minimum absolute atomic E-state index is 0.588. The SMILES string of the molecule is CCOC(/C=C/c1ccccc1)=C(\C=C\c1ccccc1)OCC. The Morgan fingerprint density at radius 3 is 1.38 bits per heavy atom. The summed E-state index contributed by atoms with van der Waals surface area (Å²) in [5, 5.41) is 0. The first-order valence-corrected chi connectivity index (χ1v) is 8.29. The lowest BCUT2D eigenvalue weighted by Gasteiger charge is -2.11. The maximum atomic E-state index is 5.78. The molecule has 2 aromatic carbocycles. The van der Waals surface area contributed by atoms with Crippen LogP contribution in [0.2, 0.25) is 0 Å². The van der Waals surface area contributed by atoms with E-state index in [0.29, 0.717) is 13.2 Å². The number of hydrogen-bond acceptors (Lipinski definition) is 2. The molecular weight excluding hydrogens is 296 g/mol. The van der Waals surface area contributed by atoms with E-state index in [1.165, 1.54) is 0 Å². The molecule has 0 aliphatic rings. The smallest absolute Gasteiger partial charge is 0.161 e. The molecule has 2 aromatic rings. The van der Waals surface area contributed by atoms with Gasteiger partial charge in [0, 0.05) is 0 Å². The van der Waals surface area contributed by atoms with Crippen LogP contribution in [0.15, 0.2) is 84.3 Å². The van der Waals surface area contributed by atoms with E-state index in [0.717, 1.165) is 22.6 Å². The second kappa shape index (κ2) is 10.1. The van der Waals surface area contributed by atoms with E-state index in [1.54, 1.807) is 0 Å². The van der Waals surface area contributed by atoms with Gasteiger partial charge < -0.3 is 9.47 Å². The van der Waals surface area contributed by atoms with Gasteiger partial charge in [0.25, 0.3) is 0 Å². The van der Waals surface area contributed by atoms with Gasteiger partial charge in [0.15, 0.2) is 11.5 Å². The molecule has 124 valence electrons. The molecule has 24 heavy (non-hydrogen) atoms. The van der Waals surface area contributed by atoms with Crippen molar-refractivity contribution in [2.75, 3.05) is 13.2 Å². The van der Waals surface area contributed by atoms with Gasteiger partial charge in [-0.05, 0) is 37.1 Å². The van der Waals surface area contributed by atoms with Gasteiger partial charge in [-0.15, -0.1) is 0 Å². The summed E-state index contributed by atoms with van der Waals surface area (Å²) in [6, 6.07) is 20.3. The lowest BCUT2D eigenvalue weighted by molar-refractivity contribution is 0.185. The van der Waals surface area contributed by atoms with Crippen molar-refractivity contribution in [3.05, 3.63) is 95.5 Å². The molecule has 0 heterocycles. The zero-order chi connectivity index (χ0) is 17.0. The van der Waals surface area contributed by atoms with E-state index < -0.39 is 0 Å². The first-order chi connectivity index (χ1) is 11.8. The molecule has 0 bridgehead atoms. The lowest BCUT2D eigenvalue weighted by Crippen LogP contribution is -1.98. The Morgan fingerprint density at radius 2 is 1.04 bits per heavy atom. The predicted octanol–water partition coefficient (Wildman–Crippen LogP) is 5.70. The van der Waals surface area contributed by atoms with Gasteiger partial charge in [0.05, 0.1) is 13.2 Å². The van der Waals surface area contributed by atoms with Crippen LogP contribution in [0.4, 0.5) is 0 Å². The number of rotatable bonds is 8. The molecule has 2 nitrogen and oxygen atoms in total. The zero-order valence-corrected chi connectivity index (χ0v) is 14.3. The van der Waals surface area contributed by atoms with Crippen molar-refractivity contribution in [1.29, 1.82) is 0 Å². The molecule has 0 fully saturated rings. The van der Waals surface area contributed by atoms with Crippen LogP contribution in [-0.4, -0.2) is 13.2 Å². The minimum Gasteiger partial charge on any atom is -0.490 e. The second-order valence-corrected chi connectivity index (χ2v) is 5.08. The largest absolute Gasteiger partial charge is 0.490 e. The number of ether oxygens (including phenoxy) is 2. The highest BCUT2D eigenvalue weighted by Gasteiger charge is 2.04. The maximum absolute atomic E-state index is 5.78. The summed E-state index contributed by atoms with van der Waals surface area (Å²) in [4.78, 5) is 0. The van der Waals surface area contributed by atoms with Crippen molar-refractivity contribution >= 4 is 12.2 Å². The highest BCUT2D eigenvalue weighted by atomic mass is 16.5. The molecule has 0 unspecified atom stereocenters. The first-order valence-electron chi connectivity index (χ1n) is 8.29. The monoisotopic (exact) mass is 320 g/mol. The van der Waals surface area contributed by atoms with Gasteiger partial charge in [-0.3, -0.25) is 0 Å². The molecule has 0 amide bonds. The van der Waals surface area contributed by atoms with Gasteiger partial charge in [0.2, 0.25) is 0 Å². The van der Waals surface area contributed by atoms with Crippen molar-refractivity contribution in [2.45, 2.75) is 13.8 Å². The highest BCUT2D eigenvalue weighted by molar-refractivity contribution is 5.55. The fraction of sp³-hybridized carbons (Fsp3) is 0.182. The van der Waals surface area contributed by atoms with Gasteiger partial charge >= 0.3 is 0 Å². The fourth-order valence-corrected chi connectivity index (χ4v) is 2.19. The average molecular weight is 320 g/mol. The van der Waals surface area contributed by atoms with Gasteiger partial charge in [0.1, 0.15) is 0 Å². The van der Waals surface area contributed by atoms with Crippen LogP contribution in [0.25, 0.3) is 12.2 Å². The van der Waals surface area contributed by atoms with E-state index in [9.17, 15) is 0 Å². The topological polar surface area (TPSA) is 18.5 Å². The average Bonchev–Trinajstić information content (AvgIpc) is 2.64. The fourth-order valence-electron chi connectivity index (χ4n) is 2.19. The summed E-state index contributed by atoms with van der Waals surface area (Å²) in [5.74, 6) is 1.46. The van der Waals surface area contributed by atoms with E-state index in [2.05, 4.69) is 24.3 Å². The van der Waals surface area contributed by atoms with Crippen molar-refractivity contribution in [1.82, 2.24) is 0 Å². The van der Waals surface area contributed by atoms with Crippen LogP contribution in [-0.2, 0) is 9.47 Å². The van der Waals surface area contributed by atoms with Gasteiger partial charge in [-0.25, -0.2) is 0 Å². The third-order valence-electron chi connectivity index (χ3n) is 3.30. The normalized spacial score (nSPS) is 12.4. The minimum atomic E-state index is 0.588. The molecule has 0 saturated heterocycles. The van der Waals surface area contributed by atoms with E-state index in [4.69, 9.17) is 9.47 Å². The molecule has 0 saturated carbocycles. The number of benzene rings is 2. The lowest BCUT2D eigenvalue weighted by atomic mass is 10.2. The molecule has 0 N–H and O–H groups in total. The van der Waals surface area contributed by atoms with E-state index in [1.807, 2.05) is 74.5 Å². The Kier molecular flexibility index (Phi) is 7.42.